The van der Waals surface area contributed by atoms with Gasteiger partial charge >= 0.3 is 11.9 Å². The lowest BCUT2D eigenvalue weighted by Gasteiger charge is -2.25. The number of anilines is 2. The molecule has 0 atom stereocenters. The van der Waals surface area contributed by atoms with Crippen LogP contribution in [0.15, 0.2) is 30.3 Å². The molecule has 0 saturated heterocycles. The van der Waals surface area contributed by atoms with Crippen molar-refractivity contribution in [3.63, 3.8) is 0 Å². The lowest BCUT2D eigenvalue weighted by Crippen LogP contribution is -2.17. The van der Waals surface area contributed by atoms with Crippen LogP contribution in [0.3, 0.4) is 0 Å². The number of carbonyl (C=O) groups is 2. The Hall–Kier alpha value is -2.77. The molecule has 8 heteroatoms. The number of aliphatic carboxylic acids is 2. The number of benzene rings is 2. The summed E-state index contributed by atoms with van der Waals surface area (Å²) in [6.07, 6.45) is 2.47. The molecule has 2 aliphatic rings. The Balaban J connectivity index is 0.000000293. The molecule has 2 aliphatic heterocycles. The lowest BCUT2D eigenvalue weighted by atomic mass is 9.99. The van der Waals surface area contributed by atoms with Crippen LogP contribution >= 0.6 is 11.6 Å². The molecule has 0 unspecified atom stereocenters. The number of carboxylic acid groups (broad SMARTS) is 2. The number of hydrogen-bond acceptors (Lipinski definition) is 5. The molecule has 2 heterocycles. The van der Waals surface area contributed by atoms with Gasteiger partial charge in [0.1, 0.15) is 5.75 Å². The summed E-state index contributed by atoms with van der Waals surface area (Å²) in [6.45, 7) is 2.83. The SMILES string of the molecule is CN(c1ccc2c(c1)CCO2)c1c(Cl)ccc2c1CCNCC2.O=C(O)CCC(=O)O. The Morgan fingerprint density at radius 1 is 1.03 bits per heavy atom. The molecule has 4 rings (SSSR count). The number of fused-ring (bicyclic) bond motifs is 2. The molecule has 0 saturated carbocycles. The van der Waals surface area contributed by atoms with Gasteiger partial charge in [-0.2, -0.15) is 0 Å². The first kappa shape index (κ1) is 22.9. The van der Waals surface area contributed by atoms with Crippen LogP contribution in [0.5, 0.6) is 5.75 Å². The largest absolute Gasteiger partial charge is 0.493 e. The number of nitrogens with zero attached hydrogens (tertiary/aromatic N) is 1. The zero-order chi connectivity index (χ0) is 22.4. The van der Waals surface area contributed by atoms with E-state index in [2.05, 4.69) is 41.5 Å². The molecule has 0 spiro atoms. The number of nitrogens with one attached hydrogen (secondary N) is 1. The van der Waals surface area contributed by atoms with Crippen LogP contribution in [0.1, 0.15) is 29.5 Å². The third-order valence-corrected chi connectivity index (χ3v) is 5.71. The summed E-state index contributed by atoms with van der Waals surface area (Å²) in [5.41, 5.74) is 6.38. The second-order valence-electron chi connectivity index (χ2n) is 7.52. The average Bonchev–Trinajstić information content (AvgIpc) is 3.08. The van der Waals surface area contributed by atoms with Crippen LogP contribution < -0.4 is 15.0 Å². The van der Waals surface area contributed by atoms with Crippen LogP contribution in [-0.4, -0.2) is 48.9 Å². The number of hydrogen-bond donors (Lipinski definition) is 3. The molecular weight excluding hydrogens is 420 g/mol. The maximum absolute atomic E-state index is 9.64. The van der Waals surface area contributed by atoms with Crippen molar-refractivity contribution in [3.05, 3.63) is 52.0 Å². The lowest BCUT2D eigenvalue weighted by molar-refractivity contribution is -0.143. The van der Waals surface area contributed by atoms with Gasteiger partial charge in [0.15, 0.2) is 0 Å². The molecule has 0 fully saturated rings. The van der Waals surface area contributed by atoms with Gasteiger partial charge in [0.05, 0.1) is 30.2 Å². The van der Waals surface area contributed by atoms with Crippen LogP contribution in [-0.2, 0) is 28.9 Å². The van der Waals surface area contributed by atoms with Gasteiger partial charge in [0.2, 0.25) is 0 Å². The number of ether oxygens (including phenoxy) is 1. The van der Waals surface area contributed by atoms with E-state index in [1.54, 1.807) is 0 Å². The summed E-state index contributed by atoms with van der Waals surface area (Å²) in [5, 5.41) is 20.1. The highest BCUT2D eigenvalue weighted by molar-refractivity contribution is 6.33. The molecular formula is C23H27ClN2O5. The van der Waals surface area contributed by atoms with Crippen LogP contribution in [0.2, 0.25) is 5.02 Å². The molecule has 0 radical (unpaired) electrons. The minimum atomic E-state index is -1.08. The Morgan fingerprint density at radius 2 is 1.74 bits per heavy atom. The maximum atomic E-state index is 9.64. The first-order valence-electron chi connectivity index (χ1n) is 10.3. The first-order chi connectivity index (χ1) is 14.9. The van der Waals surface area contributed by atoms with E-state index < -0.39 is 11.9 Å². The molecule has 0 aromatic heterocycles. The zero-order valence-corrected chi connectivity index (χ0v) is 18.2. The highest BCUT2D eigenvalue weighted by Gasteiger charge is 2.20. The topological polar surface area (TPSA) is 99.1 Å². The van der Waals surface area contributed by atoms with Gasteiger partial charge < -0.3 is 25.2 Å². The predicted octanol–water partition coefficient (Wildman–Crippen LogP) is 3.67. The minimum Gasteiger partial charge on any atom is -0.493 e. The molecule has 0 aliphatic carbocycles. The Bertz CT molecular complexity index is 949. The summed E-state index contributed by atoms with van der Waals surface area (Å²) in [7, 11) is 2.11. The van der Waals surface area contributed by atoms with E-state index in [0.29, 0.717) is 0 Å². The summed E-state index contributed by atoms with van der Waals surface area (Å²) >= 11 is 6.59. The highest BCUT2D eigenvalue weighted by atomic mass is 35.5. The monoisotopic (exact) mass is 446 g/mol. The number of rotatable bonds is 5. The Labute approximate surface area is 186 Å². The fourth-order valence-electron chi connectivity index (χ4n) is 3.81. The standard InChI is InChI=1S/C19H21ClN2O.C4H6O4/c1-22(15-3-5-18-14(12-15)8-11-23-18)19-16-7-10-21-9-6-13(16)2-4-17(19)20;5-3(6)1-2-4(7)8/h2-5,12,21H,6-11H2,1H3;1-2H2,(H,5,6)(H,7,8). The van der Waals surface area contributed by atoms with Crippen molar-refractivity contribution in [2.75, 3.05) is 31.6 Å². The van der Waals surface area contributed by atoms with E-state index in [1.807, 2.05) is 6.07 Å². The van der Waals surface area contributed by atoms with E-state index in [-0.39, 0.29) is 12.8 Å². The molecule has 7 nitrogen and oxygen atoms in total. The van der Waals surface area contributed by atoms with E-state index >= 15 is 0 Å². The summed E-state index contributed by atoms with van der Waals surface area (Å²) in [5.74, 6) is -1.14. The van der Waals surface area contributed by atoms with Gasteiger partial charge in [-0.25, -0.2) is 0 Å². The zero-order valence-electron chi connectivity index (χ0n) is 17.5. The third-order valence-electron chi connectivity index (χ3n) is 5.40. The van der Waals surface area contributed by atoms with Crippen LogP contribution in [0.25, 0.3) is 0 Å². The summed E-state index contributed by atoms with van der Waals surface area (Å²) in [6, 6.07) is 10.6. The third kappa shape index (κ3) is 5.89. The normalized spacial score (nSPS) is 14.3. The van der Waals surface area contributed by atoms with Gasteiger partial charge in [-0.3, -0.25) is 9.59 Å². The van der Waals surface area contributed by atoms with Crippen molar-refractivity contribution in [3.8, 4) is 5.75 Å². The number of halogens is 1. The molecule has 2 aromatic carbocycles. The van der Waals surface area contributed by atoms with Crippen molar-refractivity contribution < 1.29 is 24.5 Å². The van der Waals surface area contributed by atoms with Crippen molar-refractivity contribution in [1.82, 2.24) is 5.32 Å². The fraction of sp³-hybridized carbons (Fsp3) is 0.391. The predicted molar refractivity (Wildman–Crippen MR) is 120 cm³/mol. The van der Waals surface area contributed by atoms with Gasteiger partial charge in [-0.15, -0.1) is 0 Å². The van der Waals surface area contributed by atoms with Gasteiger partial charge in [-0.1, -0.05) is 17.7 Å². The van der Waals surface area contributed by atoms with E-state index in [0.717, 1.165) is 55.4 Å². The maximum Gasteiger partial charge on any atom is 0.303 e. The fourth-order valence-corrected chi connectivity index (χ4v) is 4.12. The molecule has 3 N–H and O–H groups in total. The van der Waals surface area contributed by atoms with Crippen molar-refractivity contribution in [2.24, 2.45) is 0 Å². The van der Waals surface area contributed by atoms with Crippen molar-refractivity contribution >= 4 is 34.9 Å². The summed E-state index contributed by atoms with van der Waals surface area (Å²) in [4.78, 5) is 21.5. The average molecular weight is 447 g/mol. The van der Waals surface area contributed by atoms with Crippen molar-refractivity contribution in [1.29, 1.82) is 0 Å². The second-order valence-corrected chi connectivity index (χ2v) is 7.93. The molecule has 0 bridgehead atoms. The second kappa shape index (κ2) is 10.5. The minimum absolute atomic E-state index is 0.296. The first-order valence-corrected chi connectivity index (χ1v) is 10.7. The molecule has 166 valence electrons. The van der Waals surface area contributed by atoms with Gasteiger partial charge in [-0.05, 0) is 66.9 Å². The van der Waals surface area contributed by atoms with Crippen LogP contribution in [0, 0.1) is 0 Å². The molecule has 2 aromatic rings. The van der Waals surface area contributed by atoms with E-state index in [9.17, 15) is 9.59 Å². The Kier molecular flexibility index (Phi) is 7.76. The van der Waals surface area contributed by atoms with Crippen LogP contribution in [0.4, 0.5) is 11.4 Å². The Morgan fingerprint density at radius 3 is 2.45 bits per heavy atom. The summed E-state index contributed by atoms with van der Waals surface area (Å²) < 4.78 is 5.62. The quantitative estimate of drug-likeness (QED) is 0.644. The number of carboxylic acids is 2. The smallest absolute Gasteiger partial charge is 0.303 e. The van der Waals surface area contributed by atoms with E-state index in [1.165, 1.54) is 22.4 Å². The van der Waals surface area contributed by atoms with Gasteiger partial charge in [0, 0.05) is 19.2 Å². The van der Waals surface area contributed by atoms with E-state index in [4.69, 9.17) is 26.6 Å². The molecule has 31 heavy (non-hydrogen) atoms. The molecule has 0 amide bonds. The van der Waals surface area contributed by atoms with Gasteiger partial charge in [0.25, 0.3) is 0 Å². The highest BCUT2D eigenvalue weighted by Crippen LogP contribution is 2.38. The van der Waals surface area contributed by atoms with Crippen molar-refractivity contribution in [2.45, 2.75) is 32.1 Å².